The lowest BCUT2D eigenvalue weighted by Gasteiger charge is -2.48. The van der Waals surface area contributed by atoms with Crippen molar-refractivity contribution in [3.05, 3.63) is 98.1 Å². The van der Waals surface area contributed by atoms with Gasteiger partial charge in [-0.25, -0.2) is 0 Å². The first kappa shape index (κ1) is 28.2. The predicted molar refractivity (Wildman–Crippen MR) is 205 cm³/mol. The van der Waals surface area contributed by atoms with Crippen molar-refractivity contribution in [2.45, 2.75) is 114 Å². The molecule has 15 rings (SSSR count). The lowest BCUT2D eigenvalue weighted by molar-refractivity contribution is 0.00322. The summed E-state index contributed by atoms with van der Waals surface area (Å²) in [5.41, 5.74) is 18.3. The highest BCUT2D eigenvalue weighted by Crippen LogP contribution is 2.77. The van der Waals surface area contributed by atoms with Crippen molar-refractivity contribution in [3.63, 3.8) is 0 Å². The average Bonchev–Trinajstić information content (AvgIpc) is 3.79. The molecule has 7 atom stereocenters. The molecule has 7 unspecified atom stereocenters. The fraction of sp³-hybridized carbons (Fsp3) is 0.469. The Morgan fingerprint density at radius 1 is 0.538 bits per heavy atom. The molecule has 3 heteroatoms. The summed E-state index contributed by atoms with van der Waals surface area (Å²) < 4.78 is 2.64. The van der Waals surface area contributed by atoms with Crippen LogP contribution in [0.5, 0.6) is 0 Å². The van der Waals surface area contributed by atoms with E-state index >= 15 is 0 Å². The van der Waals surface area contributed by atoms with Crippen LogP contribution < -0.4 is 0 Å². The van der Waals surface area contributed by atoms with Gasteiger partial charge in [-0.15, -0.1) is 0 Å². The second-order valence-electron chi connectivity index (χ2n) is 19.4. The van der Waals surface area contributed by atoms with E-state index in [1.165, 1.54) is 136 Å². The van der Waals surface area contributed by atoms with E-state index in [2.05, 4.69) is 59.0 Å². The third kappa shape index (κ3) is 3.16. The second kappa shape index (κ2) is 9.23. The number of nitrogens with zero attached hydrogens (tertiary/aromatic N) is 3. The highest BCUT2D eigenvalue weighted by Gasteiger charge is 2.66. The van der Waals surface area contributed by atoms with Crippen molar-refractivity contribution in [3.8, 4) is 12.1 Å². The zero-order valence-electron chi connectivity index (χ0n) is 29.9. The van der Waals surface area contributed by atoms with Crippen LogP contribution in [0, 0.1) is 51.7 Å². The molecule has 9 aliphatic carbocycles. The van der Waals surface area contributed by atoms with Gasteiger partial charge in [-0.1, -0.05) is 30.3 Å². The molecule has 2 aromatic heterocycles. The lowest BCUT2D eigenvalue weighted by Crippen LogP contribution is -2.41. The van der Waals surface area contributed by atoms with E-state index in [4.69, 9.17) is 0 Å². The smallest absolute Gasteiger partial charge is 0.0995 e. The van der Waals surface area contributed by atoms with Crippen molar-refractivity contribution in [1.29, 1.82) is 10.5 Å². The Morgan fingerprint density at radius 3 is 1.67 bits per heavy atom. The maximum atomic E-state index is 11.0. The number of fused-ring (bicyclic) bond motifs is 18. The Balaban J connectivity index is 1.18. The third-order valence-electron chi connectivity index (χ3n) is 17.4. The monoisotopic (exact) mass is 673 g/mol. The number of nitriles is 2. The van der Waals surface area contributed by atoms with E-state index in [9.17, 15) is 10.5 Å². The Kier molecular flexibility index (Phi) is 5.01. The molecule has 11 bridgehead atoms. The highest BCUT2D eigenvalue weighted by atomic mass is 14.9. The van der Waals surface area contributed by atoms with Gasteiger partial charge in [0.15, 0.2) is 0 Å². The van der Waals surface area contributed by atoms with Crippen molar-refractivity contribution < 1.29 is 0 Å². The van der Waals surface area contributed by atoms with Gasteiger partial charge in [-0.3, -0.25) is 0 Å². The van der Waals surface area contributed by atoms with Gasteiger partial charge in [0.05, 0.1) is 39.8 Å². The van der Waals surface area contributed by atoms with Crippen LogP contribution in [-0.2, 0) is 25.7 Å². The van der Waals surface area contributed by atoms with Crippen LogP contribution in [0.4, 0.5) is 0 Å². The molecule has 2 heterocycles. The Bertz CT molecular complexity index is 2730. The Labute approximate surface area is 304 Å². The van der Waals surface area contributed by atoms with Crippen LogP contribution in [0.15, 0.2) is 42.5 Å². The number of hydrogen-bond acceptors (Lipinski definition) is 2. The summed E-state index contributed by atoms with van der Waals surface area (Å²) in [4.78, 5) is 0. The molecular weight excluding hydrogens is 631 g/mol. The van der Waals surface area contributed by atoms with Crippen LogP contribution in [0.2, 0.25) is 0 Å². The van der Waals surface area contributed by atoms with Crippen molar-refractivity contribution in [2.24, 2.45) is 29.1 Å². The first-order valence-corrected chi connectivity index (χ1v) is 20.9. The Hall–Kier alpha value is -4.34. The van der Waals surface area contributed by atoms with E-state index < -0.39 is 0 Å². The second-order valence-corrected chi connectivity index (χ2v) is 19.4. The van der Waals surface area contributed by atoms with Gasteiger partial charge < -0.3 is 4.40 Å². The lowest BCUT2D eigenvalue weighted by atomic mass is 9.56. The molecule has 6 aromatic rings. The molecule has 0 radical (unpaired) electrons. The summed E-state index contributed by atoms with van der Waals surface area (Å²) in [6.07, 6.45) is 17.4. The van der Waals surface area contributed by atoms with Gasteiger partial charge in [0.25, 0.3) is 0 Å². The van der Waals surface area contributed by atoms with Gasteiger partial charge >= 0.3 is 0 Å². The Morgan fingerprint density at radius 2 is 1.08 bits per heavy atom. The number of hydrogen-bond donors (Lipinski definition) is 0. The molecule has 5 saturated carbocycles. The predicted octanol–water partition coefficient (Wildman–Crippen LogP) is 11.2. The van der Waals surface area contributed by atoms with Gasteiger partial charge in [0.2, 0.25) is 0 Å². The minimum absolute atomic E-state index is 0.520. The topological polar surface area (TPSA) is 52.0 Å². The quantitative estimate of drug-likeness (QED) is 0.161. The van der Waals surface area contributed by atoms with Crippen LogP contribution in [0.3, 0.4) is 0 Å². The summed E-state index contributed by atoms with van der Waals surface area (Å²) in [5.74, 6) is 5.52. The maximum absolute atomic E-state index is 11.0. The molecule has 254 valence electrons. The average molecular weight is 674 g/mol. The van der Waals surface area contributed by atoms with E-state index in [1.807, 2.05) is 0 Å². The van der Waals surface area contributed by atoms with E-state index in [-0.39, 0.29) is 0 Å². The van der Waals surface area contributed by atoms with Crippen molar-refractivity contribution in [2.75, 3.05) is 0 Å². The standard InChI is InChI=1S/C49H43N3/c50-22-34-17-38-46(42-31-12-26-9-27(13-31)11-30(10-26)40(34)42)44-28-6-4-24-2-1-3-25(8-24)5-7-29(14-28)45-47-39(52(38)48(44)45)18-35(23-51)41-32-15-36-19-37-16-33(43(41)47)21-49(36,37)20-32/h1-3,8,14,17-18,26-27,30-33,36-37H,4-7,9-13,15-16,19-21H2. The van der Waals surface area contributed by atoms with Crippen LogP contribution >= 0.6 is 0 Å². The van der Waals surface area contributed by atoms with Crippen LogP contribution in [0.1, 0.15) is 144 Å². The van der Waals surface area contributed by atoms with Crippen molar-refractivity contribution >= 4 is 38.1 Å². The number of aryl methyl sites for hydroxylation is 4. The van der Waals surface area contributed by atoms with Gasteiger partial charge in [0, 0.05) is 21.5 Å². The minimum atomic E-state index is 0.520. The SMILES string of the molecule is N#Cc1cc2c(c3c1C1CC4CC(C1)CC3C4)c1c3cc(c4c5c6c(c(C#N)cc5n2c14)C1CC2CC4CC6CC24C1)CCc1cccc(c1)CC3. The van der Waals surface area contributed by atoms with Crippen LogP contribution in [-0.4, -0.2) is 4.40 Å². The molecule has 5 fully saturated rings. The largest absolute Gasteiger partial charge is 0.308 e. The molecule has 0 amide bonds. The molecule has 0 saturated heterocycles. The summed E-state index contributed by atoms with van der Waals surface area (Å²) in [5, 5.41) is 28.0. The number of rotatable bonds is 0. The molecular formula is C49H43N3. The van der Waals surface area contributed by atoms with Gasteiger partial charge in [0.1, 0.15) is 0 Å². The molecule has 9 aliphatic rings. The fourth-order valence-electron chi connectivity index (χ4n) is 16.0. The van der Waals surface area contributed by atoms with Crippen LogP contribution in [0.25, 0.3) is 38.1 Å². The normalized spacial score (nSPS) is 34.3. The molecule has 0 N–H and O–H groups in total. The summed E-state index contributed by atoms with van der Waals surface area (Å²) >= 11 is 0. The van der Waals surface area contributed by atoms with E-state index in [0.717, 1.165) is 60.5 Å². The molecule has 3 nitrogen and oxygen atoms in total. The molecule has 52 heavy (non-hydrogen) atoms. The summed E-state index contributed by atoms with van der Waals surface area (Å²) in [7, 11) is 0. The van der Waals surface area contributed by atoms with E-state index in [0.29, 0.717) is 29.1 Å². The first-order valence-electron chi connectivity index (χ1n) is 20.9. The van der Waals surface area contributed by atoms with Gasteiger partial charge in [-0.2, -0.15) is 10.5 Å². The number of aromatic nitrogens is 1. The minimum Gasteiger partial charge on any atom is -0.308 e. The first-order chi connectivity index (χ1) is 25.6. The summed E-state index contributed by atoms with van der Waals surface area (Å²) in [6.45, 7) is 0. The van der Waals surface area contributed by atoms with Gasteiger partial charge in [-0.05, 0) is 199 Å². The zero-order valence-corrected chi connectivity index (χ0v) is 29.9. The van der Waals surface area contributed by atoms with E-state index in [1.54, 1.807) is 11.1 Å². The maximum Gasteiger partial charge on any atom is 0.0995 e. The zero-order chi connectivity index (χ0) is 33.8. The molecule has 1 spiro atoms. The third-order valence-corrected chi connectivity index (χ3v) is 17.4. The van der Waals surface area contributed by atoms with Crippen molar-refractivity contribution in [1.82, 2.24) is 4.40 Å². The summed E-state index contributed by atoms with van der Waals surface area (Å²) in [6, 6.07) is 22.4. The highest BCUT2D eigenvalue weighted by molar-refractivity contribution is 6.27. The fourth-order valence-corrected chi connectivity index (χ4v) is 16.0. The number of benzene rings is 4. The molecule has 0 aliphatic heterocycles. The molecule has 4 aromatic carbocycles.